The van der Waals surface area contributed by atoms with Gasteiger partial charge in [0.15, 0.2) is 0 Å². The van der Waals surface area contributed by atoms with Crippen molar-refractivity contribution in [1.82, 2.24) is 0 Å². The SMILES string of the molecule is CCOC(=O)c1sc(NC(=O)c2cccc(C)c2[N+](=O)[O-])cc1C. The van der Waals surface area contributed by atoms with Crippen molar-refractivity contribution in [1.29, 1.82) is 0 Å². The number of aryl methyl sites for hydroxylation is 2. The maximum absolute atomic E-state index is 12.4. The quantitative estimate of drug-likeness (QED) is 0.504. The van der Waals surface area contributed by atoms with Gasteiger partial charge in [0.2, 0.25) is 0 Å². The first-order chi connectivity index (χ1) is 11.3. The van der Waals surface area contributed by atoms with Gasteiger partial charge in [0.25, 0.3) is 11.6 Å². The average Bonchev–Trinajstić information content (AvgIpc) is 2.87. The number of carbonyl (C=O) groups is 2. The molecular weight excluding hydrogens is 332 g/mol. The first-order valence-electron chi connectivity index (χ1n) is 7.18. The zero-order valence-electron chi connectivity index (χ0n) is 13.4. The Labute approximate surface area is 142 Å². The predicted molar refractivity (Wildman–Crippen MR) is 90.8 cm³/mol. The summed E-state index contributed by atoms with van der Waals surface area (Å²) in [6.45, 7) is 5.27. The third kappa shape index (κ3) is 3.60. The molecule has 1 amide bonds. The number of esters is 1. The number of hydrogen-bond donors (Lipinski definition) is 1. The van der Waals surface area contributed by atoms with E-state index in [0.29, 0.717) is 21.0 Å². The maximum Gasteiger partial charge on any atom is 0.348 e. The molecule has 0 spiro atoms. The van der Waals surface area contributed by atoms with Gasteiger partial charge >= 0.3 is 5.97 Å². The highest BCUT2D eigenvalue weighted by molar-refractivity contribution is 7.18. The molecule has 1 heterocycles. The molecule has 0 saturated heterocycles. The molecule has 1 aromatic carbocycles. The van der Waals surface area contributed by atoms with Gasteiger partial charge in [0, 0.05) is 5.56 Å². The number of nitro groups is 1. The van der Waals surface area contributed by atoms with E-state index in [1.807, 2.05) is 0 Å². The lowest BCUT2D eigenvalue weighted by Gasteiger charge is -2.05. The van der Waals surface area contributed by atoms with Crippen molar-refractivity contribution >= 4 is 33.9 Å². The molecular formula is C16H16N2O5S. The third-order valence-corrected chi connectivity index (χ3v) is 4.41. The molecule has 2 aromatic rings. The zero-order chi connectivity index (χ0) is 17.9. The Morgan fingerprint density at radius 1 is 1.29 bits per heavy atom. The fraction of sp³-hybridized carbons (Fsp3) is 0.250. The first kappa shape index (κ1) is 17.6. The highest BCUT2D eigenvalue weighted by Crippen LogP contribution is 2.29. The standard InChI is InChI=1S/C16H16N2O5S/c1-4-23-16(20)14-10(3)8-12(24-14)17-15(19)11-7-5-6-9(2)13(11)18(21)22/h5-8H,4H2,1-3H3,(H,17,19). The normalized spacial score (nSPS) is 10.3. The van der Waals surface area contributed by atoms with Gasteiger partial charge in [0.05, 0.1) is 16.5 Å². The van der Waals surface area contributed by atoms with Crippen molar-refractivity contribution in [3.8, 4) is 0 Å². The number of thiophene rings is 1. The van der Waals surface area contributed by atoms with E-state index in [4.69, 9.17) is 4.74 Å². The molecule has 0 atom stereocenters. The smallest absolute Gasteiger partial charge is 0.348 e. The van der Waals surface area contributed by atoms with E-state index in [0.717, 1.165) is 11.3 Å². The van der Waals surface area contributed by atoms with Crippen LogP contribution in [0.3, 0.4) is 0 Å². The lowest BCUT2D eigenvalue weighted by Crippen LogP contribution is -2.13. The summed E-state index contributed by atoms with van der Waals surface area (Å²) in [5.74, 6) is -1.05. The van der Waals surface area contributed by atoms with E-state index in [9.17, 15) is 19.7 Å². The molecule has 2 rings (SSSR count). The summed E-state index contributed by atoms with van der Waals surface area (Å²) in [5.41, 5.74) is 0.826. The molecule has 0 saturated carbocycles. The second kappa shape index (κ2) is 7.22. The topological polar surface area (TPSA) is 98.5 Å². The number of anilines is 1. The van der Waals surface area contributed by atoms with Gasteiger partial charge in [-0.2, -0.15) is 0 Å². The molecule has 8 heteroatoms. The van der Waals surface area contributed by atoms with Crippen LogP contribution in [-0.2, 0) is 4.74 Å². The Balaban J connectivity index is 2.29. The van der Waals surface area contributed by atoms with Crippen LogP contribution in [0, 0.1) is 24.0 Å². The fourth-order valence-electron chi connectivity index (χ4n) is 2.21. The van der Waals surface area contributed by atoms with Crippen LogP contribution in [0.2, 0.25) is 0 Å². The number of benzene rings is 1. The molecule has 0 aliphatic heterocycles. The van der Waals surface area contributed by atoms with Gasteiger partial charge < -0.3 is 10.1 Å². The molecule has 0 aliphatic rings. The Hall–Kier alpha value is -2.74. The number of rotatable bonds is 5. The highest BCUT2D eigenvalue weighted by Gasteiger charge is 2.23. The summed E-state index contributed by atoms with van der Waals surface area (Å²) in [5, 5.41) is 14.2. The number of amides is 1. The summed E-state index contributed by atoms with van der Waals surface area (Å²) in [4.78, 5) is 35.2. The minimum atomic E-state index is -0.595. The highest BCUT2D eigenvalue weighted by atomic mass is 32.1. The summed E-state index contributed by atoms with van der Waals surface area (Å²) < 4.78 is 4.95. The number of ether oxygens (including phenoxy) is 1. The fourth-order valence-corrected chi connectivity index (χ4v) is 3.17. The summed E-state index contributed by atoms with van der Waals surface area (Å²) in [6.07, 6.45) is 0. The molecule has 0 aliphatic carbocycles. The molecule has 1 N–H and O–H groups in total. The summed E-state index contributed by atoms with van der Waals surface area (Å²) in [7, 11) is 0. The van der Waals surface area contributed by atoms with Crippen LogP contribution in [0.5, 0.6) is 0 Å². The van der Waals surface area contributed by atoms with E-state index in [2.05, 4.69) is 5.32 Å². The third-order valence-electron chi connectivity index (χ3n) is 3.28. The van der Waals surface area contributed by atoms with Crippen LogP contribution < -0.4 is 5.32 Å². The van der Waals surface area contributed by atoms with Gasteiger partial charge in [-0.1, -0.05) is 12.1 Å². The maximum atomic E-state index is 12.4. The lowest BCUT2D eigenvalue weighted by molar-refractivity contribution is -0.385. The Bertz CT molecular complexity index is 813. The molecule has 0 fully saturated rings. The van der Waals surface area contributed by atoms with Crippen molar-refractivity contribution in [2.24, 2.45) is 0 Å². The van der Waals surface area contributed by atoms with E-state index < -0.39 is 16.8 Å². The van der Waals surface area contributed by atoms with Gasteiger partial charge in [-0.3, -0.25) is 14.9 Å². The van der Waals surface area contributed by atoms with Gasteiger partial charge in [0.1, 0.15) is 10.4 Å². The van der Waals surface area contributed by atoms with Crippen LogP contribution in [0.25, 0.3) is 0 Å². The number of para-hydroxylation sites is 1. The molecule has 0 bridgehead atoms. The lowest BCUT2D eigenvalue weighted by atomic mass is 10.1. The molecule has 1 aromatic heterocycles. The van der Waals surface area contributed by atoms with E-state index >= 15 is 0 Å². The van der Waals surface area contributed by atoms with Crippen molar-refractivity contribution in [2.45, 2.75) is 20.8 Å². The monoisotopic (exact) mass is 348 g/mol. The van der Waals surface area contributed by atoms with Crippen LogP contribution in [0.15, 0.2) is 24.3 Å². The first-order valence-corrected chi connectivity index (χ1v) is 7.99. The van der Waals surface area contributed by atoms with Crippen molar-refractivity contribution in [2.75, 3.05) is 11.9 Å². The largest absolute Gasteiger partial charge is 0.462 e. The van der Waals surface area contributed by atoms with Gasteiger partial charge in [-0.25, -0.2) is 4.79 Å². The second-order valence-electron chi connectivity index (χ2n) is 5.03. The average molecular weight is 348 g/mol. The zero-order valence-corrected chi connectivity index (χ0v) is 14.2. The van der Waals surface area contributed by atoms with Crippen molar-refractivity contribution < 1.29 is 19.2 Å². The number of hydrogen-bond acceptors (Lipinski definition) is 6. The minimum Gasteiger partial charge on any atom is -0.462 e. The van der Waals surface area contributed by atoms with Crippen molar-refractivity contribution in [3.63, 3.8) is 0 Å². The second-order valence-corrected chi connectivity index (χ2v) is 6.08. The molecule has 126 valence electrons. The predicted octanol–water partition coefficient (Wildman–Crippen LogP) is 3.70. The van der Waals surface area contributed by atoms with Gasteiger partial charge in [-0.15, -0.1) is 11.3 Å². The van der Waals surface area contributed by atoms with Crippen LogP contribution in [0.1, 0.15) is 38.1 Å². The van der Waals surface area contributed by atoms with Crippen LogP contribution in [-0.4, -0.2) is 23.4 Å². The Morgan fingerprint density at radius 3 is 2.62 bits per heavy atom. The number of nitro benzene ring substituents is 1. The summed E-state index contributed by atoms with van der Waals surface area (Å²) in [6, 6.07) is 6.19. The van der Waals surface area contributed by atoms with Crippen molar-refractivity contribution in [3.05, 3.63) is 55.9 Å². The van der Waals surface area contributed by atoms with Crippen LogP contribution >= 0.6 is 11.3 Å². The Kier molecular flexibility index (Phi) is 5.30. The number of carbonyl (C=O) groups excluding carboxylic acids is 2. The summed E-state index contributed by atoms with van der Waals surface area (Å²) >= 11 is 1.07. The van der Waals surface area contributed by atoms with E-state index in [1.165, 1.54) is 6.07 Å². The van der Waals surface area contributed by atoms with Crippen LogP contribution in [0.4, 0.5) is 10.7 Å². The molecule has 7 nitrogen and oxygen atoms in total. The number of nitrogens with one attached hydrogen (secondary N) is 1. The number of nitrogens with zero attached hydrogens (tertiary/aromatic N) is 1. The molecule has 0 radical (unpaired) electrons. The van der Waals surface area contributed by atoms with Gasteiger partial charge in [-0.05, 0) is 38.5 Å². The van der Waals surface area contributed by atoms with E-state index in [1.54, 1.807) is 39.0 Å². The molecule has 0 unspecified atom stereocenters. The molecule has 24 heavy (non-hydrogen) atoms. The van der Waals surface area contributed by atoms with E-state index in [-0.39, 0.29) is 17.9 Å². The minimum absolute atomic E-state index is 0.0243. The Morgan fingerprint density at radius 2 is 2.00 bits per heavy atom.